The van der Waals surface area contributed by atoms with Crippen LogP contribution in [0.1, 0.15) is 24.2 Å². The molecule has 1 aliphatic heterocycles. The molecule has 4 heterocycles. The highest BCUT2D eigenvalue weighted by atomic mass is 16.5. The maximum absolute atomic E-state index is 12.7. The van der Waals surface area contributed by atoms with Crippen LogP contribution in [0.3, 0.4) is 0 Å². The van der Waals surface area contributed by atoms with Crippen LogP contribution in [-0.4, -0.2) is 62.7 Å². The van der Waals surface area contributed by atoms with Gasteiger partial charge in [-0.25, -0.2) is 9.97 Å². The second kappa shape index (κ2) is 9.48. The van der Waals surface area contributed by atoms with Crippen LogP contribution >= 0.6 is 0 Å². The van der Waals surface area contributed by atoms with Crippen molar-refractivity contribution in [3.05, 3.63) is 66.6 Å². The number of hydrogen-bond acceptors (Lipinski definition) is 7. The number of nitrogens with one attached hydrogen (secondary N) is 1. The molecule has 5 rings (SSSR count). The first-order valence-electron chi connectivity index (χ1n) is 11.3. The molecule has 0 unspecified atom stereocenters. The molecule has 1 N–H and O–H groups in total. The van der Waals surface area contributed by atoms with Crippen LogP contribution in [0.5, 0.6) is 5.88 Å². The molecule has 1 aromatic carbocycles. The van der Waals surface area contributed by atoms with Gasteiger partial charge < -0.3 is 24.3 Å². The van der Waals surface area contributed by atoms with E-state index in [2.05, 4.69) is 15.3 Å². The molecule has 3 aromatic heterocycles. The summed E-state index contributed by atoms with van der Waals surface area (Å²) in [7, 11) is 0. The first-order chi connectivity index (χ1) is 16.6. The van der Waals surface area contributed by atoms with Crippen LogP contribution < -0.4 is 10.1 Å². The van der Waals surface area contributed by atoms with E-state index in [4.69, 9.17) is 14.5 Å². The van der Waals surface area contributed by atoms with Crippen molar-refractivity contribution in [2.45, 2.75) is 20.0 Å². The molecule has 0 spiro atoms. The number of hydrogen-bond donors (Lipinski definition) is 1. The van der Waals surface area contributed by atoms with E-state index in [1.807, 2.05) is 72.0 Å². The van der Waals surface area contributed by atoms with Crippen molar-refractivity contribution in [1.82, 2.24) is 24.4 Å². The van der Waals surface area contributed by atoms with E-state index in [-0.39, 0.29) is 12.0 Å². The molecule has 9 nitrogen and oxygen atoms in total. The molecular formula is C25H26N6O3. The van der Waals surface area contributed by atoms with Crippen LogP contribution in [0.15, 0.2) is 61.1 Å². The number of morpholine rings is 1. The molecular weight excluding hydrogens is 432 g/mol. The molecule has 34 heavy (non-hydrogen) atoms. The fraction of sp³-hybridized carbons (Fsp3) is 0.280. The summed E-state index contributed by atoms with van der Waals surface area (Å²) in [6.45, 7) is 6.34. The molecule has 0 radical (unpaired) electrons. The van der Waals surface area contributed by atoms with Crippen LogP contribution in [0.4, 0.5) is 11.6 Å². The van der Waals surface area contributed by atoms with Gasteiger partial charge >= 0.3 is 0 Å². The second-order valence-electron chi connectivity index (χ2n) is 8.29. The Labute approximate surface area is 197 Å². The van der Waals surface area contributed by atoms with Crippen molar-refractivity contribution in [2.75, 3.05) is 31.6 Å². The Morgan fingerprint density at radius 3 is 2.53 bits per heavy atom. The summed E-state index contributed by atoms with van der Waals surface area (Å²) in [5.41, 5.74) is 3.10. The second-order valence-corrected chi connectivity index (χ2v) is 8.29. The van der Waals surface area contributed by atoms with E-state index in [1.54, 1.807) is 12.4 Å². The summed E-state index contributed by atoms with van der Waals surface area (Å²) in [6.07, 6.45) is 5.48. The highest BCUT2D eigenvalue weighted by Crippen LogP contribution is 2.22. The Hall–Kier alpha value is -3.98. The quantitative estimate of drug-likeness (QED) is 0.469. The van der Waals surface area contributed by atoms with Gasteiger partial charge in [0.05, 0.1) is 31.2 Å². The Balaban J connectivity index is 1.35. The number of pyridine rings is 1. The van der Waals surface area contributed by atoms with Gasteiger partial charge in [-0.15, -0.1) is 0 Å². The minimum Gasteiger partial charge on any atom is -0.475 e. The number of ether oxygens (including phenoxy) is 2. The van der Waals surface area contributed by atoms with Crippen molar-refractivity contribution in [1.29, 1.82) is 0 Å². The minimum absolute atomic E-state index is 0.0273. The standard InChI is InChI=1S/C25H26N6O3/c1-17(2)34-22-8-5-20(16-26-22)28-25-27-15-19-9-10-31(23(19)29-25)21-6-3-18(4-7-21)24(32)30-11-13-33-14-12-30/h3-10,15-17H,11-14H2,1-2H3,(H,27,28,29). The molecule has 1 amide bonds. The van der Waals surface area contributed by atoms with E-state index in [0.29, 0.717) is 43.7 Å². The fourth-order valence-electron chi connectivity index (χ4n) is 3.79. The first kappa shape index (κ1) is 21.8. The van der Waals surface area contributed by atoms with E-state index in [0.717, 1.165) is 22.4 Å². The average molecular weight is 459 g/mol. The summed E-state index contributed by atoms with van der Waals surface area (Å²) in [5.74, 6) is 1.06. The van der Waals surface area contributed by atoms with Crippen molar-refractivity contribution >= 4 is 28.6 Å². The monoisotopic (exact) mass is 458 g/mol. The highest BCUT2D eigenvalue weighted by Gasteiger charge is 2.18. The summed E-state index contributed by atoms with van der Waals surface area (Å²) >= 11 is 0. The normalized spacial score (nSPS) is 13.9. The third kappa shape index (κ3) is 4.69. The topological polar surface area (TPSA) is 94.4 Å². The van der Waals surface area contributed by atoms with E-state index < -0.39 is 0 Å². The predicted molar refractivity (Wildman–Crippen MR) is 129 cm³/mol. The van der Waals surface area contributed by atoms with E-state index in [1.165, 1.54) is 0 Å². The lowest BCUT2D eigenvalue weighted by atomic mass is 10.1. The average Bonchev–Trinajstić information content (AvgIpc) is 3.28. The van der Waals surface area contributed by atoms with Gasteiger partial charge in [0, 0.05) is 48.2 Å². The Morgan fingerprint density at radius 1 is 1.03 bits per heavy atom. The Morgan fingerprint density at radius 2 is 1.82 bits per heavy atom. The highest BCUT2D eigenvalue weighted by molar-refractivity contribution is 5.94. The number of rotatable bonds is 6. The maximum Gasteiger partial charge on any atom is 0.254 e. The van der Waals surface area contributed by atoms with E-state index >= 15 is 0 Å². The number of carbonyl (C=O) groups is 1. The van der Waals surface area contributed by atoms with Gasteiger partial charge in [0.1, 0.15) is 5.65 Å². The van der Waals surface area contributed by atoms with Crippen molar-refractivity contribution in [3.8, 4) is 11.6 Å². The van der Waals surface area contributed by atoms with Crippen LogP contribution in [0.25, 0.3) is 16.7 Å². The molecule has 1 saturated heterocycles. The van der Waals surface area contributed by atoms with Gasteiger partial charge in [0.25, 0.3) is 5.91 Å². The molecule has 9 heteroatoms. The van der Waals surface area contributed by atoms with Gasteiger partial charge in [0.2, 0.25) is 11.8 Å². The third-order valence-corrected chi connectivity index (χ3v) is 5.47. The zero-order valence-corrected chi connectivity index (χ0v) is 19.1. The Kier molecular flexibility index (Phi) is 6.09. The summed E-state index contributed by atoms with van der Waals surface area (Å²) in [6, 6.07) is 13.2. The van der Waals surface area contributed by atoms with Gasteiger partial charge in [-0.1, -0.05) is 0 Å². The number of carbonyl (C=O) groups excluding carboxylic acids is 1. The third-order valence-electron chi connectivity index (χ3n) is 5.47. The lowest BCUT2D eigenvalue weighted by molar-refractivity contribution is 0.0303. The number of nitrogens with zero attached hydrogens (tertiary/aromatic N) is 5. The number of aromatic nitrogens is 4. The van der Waals surface area contributed by atoms with Gasteiger partial charge in [-0.3, -0.25) is 4.79 Å². The SMILES string of the molecule is CC(C)Oc1ccc(Nc2ncc3ccn(-c4ccc(C(=O)N5CCOCC5)cc4)c3n2)cn1. The summed E-state index contributed by atoms with van der Waals surface area (Å²) in [5, 5.41) is 4.11. The molecule has 1 aliphatic rings. The van der Waals surface area contributed by atoms with Crippen molar-refractivity contribution < 1.29 is 14.3 Å². The largest absolute Gasteiger partial charge is 0.475 e. The lowest BCUT2D eigenvalue weighted by Gasteiger charge is -2.26. The maximum atomic E-state index is 12.7. The predicted octanol–water partition coefficient (Wildman–Crippen LogP) is 3.82. The molecule has 0 aliphatic carbocycles. The zero-order valence-electron chi connectivity index (χ0n) is 19.1. The number of fused-ring (bicyclic) bond motifs is 1. The number of anilines is 2. The first-order valence-corrected chi connectivity index (χ1v) is 11.3. The van der Waals surface area contributed by atoms with Crippen LogP contribution in [0.2, 0.25) is 0 Å². The molecule has 4 aromatic rings. The smallest absolute Gasteiger partial charge is 0.254 e. The molecule has 0 bridgehead atoms. The zero-order chi connectivity index (χ0) is 23.5. The molecule has 0 atom stereocenters. The lowest BCUT2D eigenvalue weighted by Crippen LogP contribution is -2.40. The Bertz CT molecular complexity index is 1280. The van der Waals surface area contributed by atoms with Gasteiger partial charge in [-0.05, 0) is 50.2 Å². The van der Waals surface area contributed by atoms with Crippen molar-refractivity contribution in [3.63, 3.8) is 0 Å². The minimum atomic E-state index is 0.0273. The number of amides is 1. The van der Waals surface area contributed by atoms with Gasteiger partial charge in [-0.2, -0.15) is 4.98 Å². The van der Waals surface area contributed by atoms with Crippen LogP contribution in [-0.2, 0) is 4.74 Å². The molecule has 1 fully saturated rings. The fourth-order valence-corrected chi connectivity index (χ4v) is 3.79. The van der Waals surface area contributed by atoms with Crippen LogP contribution in [0, 0.1) is 0 Å². The number of benzene rings is 1. The van der Waals surface area contributed by atoms with Crippen molar-refractivity contribution in [2.24, 2.45) is 0 Å². The summed E-state index contributed by atoms with van der Waals surface area (Å²) in [4.78, 5) is 28.0. The van der Waals surface area contributed by atoms with E-state index in [9.17, 15) is 4.79 Å². The molecule has 0 saturated carbocycles. The summed E-state index contributed by atoms with van der Waals surface area (Å²) < 4.78 is 12.9. The van der Waals surface area contributed by atoms with Gasteiger partial charge in [0.15, 0.2) is 0 Å². The molecule has 174 valence electrons.